The van der Waals surface area contributed by atoms with E-state index in [1.54, 1.807) is 0 Å². The first kappa shape index (κ1) is 13.7. The summed E-state index contributed by atoms with van der Waals surface area (Å²) in [6.45, 7) is 0. The van der Waals surface area contributed by atoms with Gasteiger partial charge in [0.25, 0.3) is 0 Å². The number of methoxy groups -OCH3 is 1. The molecule has 0 spiro atoms. The summed E-state index contributed by atoms with van der Waals surface area (Å²) in [7, 11) is 1.44. The molecule has 4 heteroatoms. The lowest BCUT2D eigenvalue weighted by Crippen LogP contribution is -2.36. The van der Waals surface area contributed by atoms with E-state index in [9.17, 15) is 4.79 Å². The summed E-state index contributed by atoms with van der Waals surface area (Å²) in [5.41, 5.74) is 5.92. The summed E-state index contributed by atoms with van der Waals surface area (Å²) in [5, 5.41) is 0. The Balaban J connectivity index is 0.00000169. The van der Waals surface area contributed by atoms with Crippen molar-refractivity contribution in [1.82, 2.24) is 0 Å². The minimum Gasteiger partial charge on any atom is -0.469 e. The van der Waals surface area contributed by atoms with Crippen LogP contribution in [0.1, 0.15) is 38.5 Å². The maximum Gasteiger partial charge on any atom is 0.310 e. The molecule has 14 heavy (non-hydrogen) atoms. The Hall–Kier alpha value is -0.280. The van der Waals surface area contributed by atoms with E-state index in [0.717, 1.165) is 25.7 Å². The Morgan fingerprint density at radius 1 is 1.21 bits per heavy atom. The van der Waals surface area contributed by atoms with Gasteiger partial charge in [0.1, 0.15) is 0 Å². The molecule has 2 unspecified atom stereocenters. The van der Waals surface area contributed by atoms with Gasteiger partial charge in [-0.25, -0.2) is 0 Å². The van der Waals surface area contributed by atoms with Crippen LogP contribution >= 0.6 is 12.4 Å². The molecule has 1 rings (SSSR count). The van der Waals surface area contributed by atoms with Gasteiger partial charge in [0.15, 0.2) is 0 Å². The van der Waals surface area contributed by atoms with Crippen LogP contribution in [-0.4, -0.2) is 19.1 Å². The molecule has 0 aromatic rings. The molecule has 0 aromatic heterocycles. The molecule has 0 heterocycles. The molecule has 0 radical (unpaired) electrons. The fraction of sp³-hybridized carbons (Fsp3) is 0.900. The number of nitrogens with two attached hydrogens (primary N) is 1. The molecule has 0 amide bonds. The fourth-order valence-corrected chi connectivity index (χ4v) is 1.96. The Bertz CT molecular complexity index is 176. The maximum absolute atomic E-state index is 11.3. The lowest BCUT2D eigenvalue weighted by Gasteiger charge is -2.23. The normalized spacial score (nSPS) is 28.1. The number of carbonyl (C=O) groups excluding carboxylic acids is 1. The van der Waals surface area contributed by atoms with E-state index in [0.29, 0.717) is 0 Å². The van der Waals surface area contributed by atoms with Crippen LogP contribution < -0.4 is 5.73 Å². The first-order valence-corrected chi connectivity index (χ1v) is 5.09. The number of hydrogen-bond donors (Lipinski definition) is 1. The number of carbonyl (C=O) groups is 1. The SMILES string of the molecule is COC(=O)C1CCCCCCC1N.Cl. The van der Waals surface area contributed by atoms with Gasteiger partial charge in [0, 0.05) is 6.04 Å². The summed E-state index contributed by atoms with van der Waals surface area (Å²) in [5.74, 6) is -0.195. The Morgan fingerprint density at radius 3 is 2.36 bits per heavy atom. The van der Waals surface area contributed by atoms with E-state index < -0.39 is 0 Å². The topological polar surface area (TPSA) is 52.3 Å². The fourth-order valence-electron chi connectivity index (χ4n) is 1.96. The number of rotatable bonds is 1. The van der Waals surface area contributed by atoms with Crippen molar-refractivity contribution in [2.24, 2.45) is 11.7 Å². The number of hydrogen-bond acceptors (Lipinski definition) is 3. The van der Waals surface area contributed by atoms with Crippen LogP contribution in [0.4, 0.5) is 0 Å². The average molecular weight is 222 g/mol. The minimum absolute atomic E-state index is 0. The standard InChI is InChI=1S/C10H19NO2.ClH/c1-13-10(12)8-6-4-2-3-5-7-9(8)11;/h8-9H,2-7,11H2,1H3;1H. The van der Waals surface area contributed by atoms with Gasteiger partial charge >= 0.3 is 5.97 Å². The zero-order valence-electron chi connectivity index (χ0n) is 8.70. The van der Waals surface area contributed by atoms with E-state index in [2.05, 4.69) is 0 Å². The summed E-state index contributed by atoms with van der Waals surface area (Å²) in [6, 6.07) is 0.00718. The van der Waals surface area contributed by atoms with E-state index in [1.807, 2.05) is 0 Å². The van der Waals surface area contributed by atoms with Gasteiger partial charge in [0.2, 0.25) is 0 Å². The van der Waals surface area contributed by atoms with Crippen LogP contribution in [0, 0.1) is 5.92 Å². The highest BCUT2D eigenvalue weighted by atomic mass is 35.5. The summed E-state index contributed by atoms with van der Waals surface area (Å²) < 4.78 is 4.74. The number of esters is 1. The van der Waals surface area contributed by atoms with Gasteiger partial charge in [-0.15, -0.1) is 12.4 Å². The predicted octanol–water partition coefficient (Wildman–Crippen LogP) is 1.88. The Labute approximate surface area is 91.8 Å². The molecule has 0 bridgehead atoms. The third-order valence-electron chi connectivity index (χ3n) is 2.82. The Morgan fingerprint density at radius 2 is 1.79 bits per heavy atom. The van der Waals surface area contributed by atoms with E-state index >= 15 is 0 Å². The molecular weight excluding hydrogens is 202 g/mol. The molecule has 3 nitrogen and oxygen atoms in total. The first-order chi connectivity index (χ1) is 6.25. The maximum atomic E-state index is 11.3. The zero-order chi connectivity index (χ0) is 9.68. The minimum atomic E-state index is -0.130. The third kappa shape index (κ3) is 3.84. The van der Waals surface area contributed by atoms with Crippen molar-refractivity contribution < 1.29 is 9.53 Å². The molecule has 0 saturated heterocycles. The largest absolute Gasteiger partial charge is 0.469 e. The third-order valence-corrected chi connectivity index (χ3v) is 2.82. The molecule has 2 atom stereocenters. The van der Waals surface area contributed by atoms with Crippen LogP contribution in [0.25, 0.3) is 0 Å². The molecule has 0 aromatic carbocycles. The van der Waals surface area contributed by atoms with Crippen molar-refractivity contribution >= 4 is 18.4 Å². The van der Waals surface area contributed by atoms with Crippen LogP contribution in [0.15, 0.2) is 0 Å². The van der Waals surface area contributed by atoms with Crippen molar-refractivity contribution in [3.8, 4) is 0 Å². The van der Waals surface area contributed by atoms with Crippen LogP contribution in [0.2, 0.25) is 0 Å². The van der Waals surface area contributed by atoms with Crippen LogP contribution in [-0.2, 0) is 9.53 Å². The van der Waals surface area contributed by atoms with Crippen molar-refractivity contribution in [2.75, 3.05) is 7.11 Å². The predicted molar refractivity (Wildman–Crippen MR) is 58.4 cm³/mol. The molecule has 1 aliphatic carbocycles. The number of halogens is 1. The summed E-state index contributed by atoms with van der Waals surface area (Å²) in [4.78, 5) is 11.3. The second-order valence-corrected chi connectivity index (χ2v) is 3.79. The Kier molecular flexibility index (Phi) is 6.93. The van der Waals surface area contributed by atoms with Gasteiger partial charge in [-0.3, -0.25) is 4.79 Å². The molecule has 1 fully saturated rings. The molecule has 2 N–H and O–H groups in total. The van der Waals surface area contributed by atoms with Gasteiger partial charge in [-0.1, -0.05) is 25.7 Å². The lowest BCUT2D eigenvalue weighted by molar-refractivity contribution is -0.146. The molecular formula is C10H20ClNO2. The van der Waals surface area contributed by atoms with Crippen LogP contribution in [0.5, 0.6) is 0 Å². The summed E-state index contributed by atoms with van der Waals surface area (Å²) in [6.07, 6.45) is 6.58. The molecule has 0 aliphatic heterocycles. The van der Waals surface area contributed by atoms with Gasteiger partial charge in [-0.05, 0) is 12.8 Å². The van der Waals surface area contributed by atoms with Crippen LogP contribution in [0.3, 0.4) is 0 Å². The highest BCUT2D eigenvalue weighted by Crippen LogP contribution is 2.22. The molecule has 1 aliphatic rings. The molecule has 84 valence electrons. The quantitative estimate of drug-likeness (QED) is 0.688. The van der Waals surface area contributed by atoms with Crippen molar-refractivity contribution in [1.29, 1.82) is 0 Å². The van der Waals surface area contributed by atoms with Crippen molar-refractivity contribution in [3.63, 3.8) is 0 Å². The van der Waals surface area contributed by atoms with Gasteiger partial charge < -0.3 is 10.5 Å². The average Bonchev–Trinajstić information content (AvgIpc) is 2.11. The van der Waals surface area contributed by atoms with E-state index in [1.165, 1.54) is 20.0 Å². The molecule has 1 saturated carbocycles. The lowest BCUT2D eigenvalue weighted by atomic mass is 9.87. The summed E-state index contributed by atoms with van der Waals surface area (Å²) >= 11 is 0. The van der Waals surface area contributed by atoms with Gasteiger partial charge in [-0.2, -0.15) is 0 Å². The highest BCUT2D eigenvalue weighted by Gasteiger charge is 2.26. The zero-order valence-corrected chi connectivity index (χ0v) is 9.52. The van der Waals surface area contributed by atoms with E-state index in [-0.39, 0.29) is 30.3 Å². The monoisotopic (exact) mass is 221 g/mol. The number of ether oxygens (including phenoxy) is 1. The van der Waals surface area contributed by atoms with E-state index in [4.69, 9.17) is 10.5 Å². The van der Waals surface area contributed by atoms with Crippen molar-refractivity contribution in [3.05, 3.63) is 0 Å². The van der Waals surface area contributed by atoms with Gasteiger partial charge in [0.05, 0.1) is 13.0 Å². The second-order valence-electron chi connectivity index (χ2n) is 3.79. The highest BCUT2D eigenvalue weighted by molar-refractivity contribution is 5.85. The smallest absolute Gasteiger partial charge is 0.310 e. The second kappa shape index (κ2) is 7.07. The van der Waals surface area contributed by atoms with Crippen molar-refractivity contribution in [2.45, 2.75) is 44.6 Å². The first-order valence-electron chi connectivity index (χ1n) is 5.09.